The number of aromatic nitrogens is 1. The Morgan fingerprint density at radius 1 is 1.27 bits per heavy atom. The number of amides is 1. The van der Waals surface area contributed by atoms with E-state index in [2.05, 4.69) is 10.1 Å². The van der Waals surface area contributed by atoms with Crippen molar-refractivity contribution in [3.63, 3.8) is 0 Å². The number of nitrogens with one attached hydrogen (secondary N) is 1. The van der Waals surface area contributed by atoms with Crippen LogP contribution >= 0.6 is 11.3 Å². The summed E-state index contributed by atoms with van der Waals surface area (Å²) in [6.45, 7) is 2.13. The molecule has 1 N–H and O–H groups in total. The van der Waals surface area contributed by atoms with Crippen molar-refractivity contribution >= 4 is 23.2 Å². The minimum Gasteiger partial charge on any atom is -0.465 e. The van der Waals surface area contributed by atoms with Gasteiger partial charge in [0, 0.05) is 17.6 Å². The summed E-state index contributed by atoms with van der Waals surface area (Å²) in [5.41, 5.74) is 2.08. The molecule has 7 heteroatoms. The van der Waals surface area contributed by atoms with Crippen LogP contribution < -0.4 is 10.2 Å². The summed E-state index contributed by atoms with van der Waals surface area (Å²) >= 11 is 1.08. The van der Waals surface area contributed by atoms with Gasteiger partial charge in [-0.2, -0.15) is 0 Å². The highest BCUT2D eigenvalue weighted by atomic mass is 32.1. The lowest BCUT2D eigenvalue weighted by atomic mass is 10.1. The zero-order chi connectivity index (χ0) is 16.1. The topological polar surface area (TPSA) is 77.4 Å². The van der Waals surface area contributed by atoms with E-state index in [0.717, 1.165) is 22.6 Å². The van der Waals surface area contributed by atoms with E-state index >= 15 is 0 Å². The summed E-state index contributed by atoms with van der Waals surface area (Å²) in [5, 5.41) is 4.47. The molecular weight excluding hydrogens is 304 g/mol. The lowest BCUT2D eigenvalue weighted by Gasteiger charge is -2.07. The number of rotatable bonds is 5. The number of carbonyl (C=O) groups excluding carboxylic acids is 2. The lowest BCUT2D eigenvalue weighted by Crippen LogP contribution is -2.30. The molecule has 0 aliphatic carbocycles. The molecule has 116 valence electrons. The Labute approximate surface area is 131 Å². The van der Waals surface area contributed by atoms with Crippen LogP contribution in [0.5, 0.6) is 0 Å². The van der Waals surface area contributed by atoms with Crippen LogP contribution in [-0.2, 0) is 22.6 Å². The first-order valence-electron chi connectivity index (χ1n) is 6.60. The summed E-state index contributed by atoms with van der Waals surface area (Å²) in [5.74, 6) is -0.636. The molecule has 0 saturated heterocycles. The molecule has 1 amide bonds. The van der Waals surface area contributed by atoms with Gasteiger partial charge in [-0.3, -0.25) is 14.2 Å². The number of methoxy groups -OCH3 is 1. The number of ether oxygens (including phenoxy) is 1. The molecule has 22 heavy (non-hydrogen) atoms. The van der Waals surface area contributed by atoms with E-state index in [4.69, 9.17) is 0 Å². The molecule has 0 bridgehead atoms. The highest BCUT2D eigenvalue weighted by Gasteiger charge is 2.09. The summed E-state index contributed by atoms with van der Waals surface area (Å²) in [6.07, 6.45) is 0. The number of thiazole rings is 1. The minimum absolute atomic E-state index is 0.00834. The molecule has 0 fully saturated rings. The van der Waals surface area contributed by atoms with Gasteiger partial charge in [0.15, 0.2) is 0 Å². The maximum absolute atomic E-state index is 11.9. The first-order chi connectivity index (χ1) is 10.5. The Morgan fingerprint density at radius 2 is 1.95 bits per heavy atom. The van der Waals surface area contributed by atoms with Gasteiger partial charge in [-0.05, 0) is 24.6 Å². The molecule has 0 aliphatic heterocycles. The summed E-state index contributed by atoms with van der Waals surface area (Å²) in [4.78, 5) is 34.6. The van der Waals surface area contributed by atoms with Crippen LogP contribution in [0.25, 0.3) is 0 Å². The monoisotopic (exact) mass is 320 g/mol. The van der Waals surface area contributed by atoms with Gasteiger partial charge in [-0.25, -0.2) is 4.79 Å². The smallest absolute Gasteiger partial charge is 0.337 e. The van der Waals surface area contributed by atoms with E-state index in [-0.39, 0.29) is 17.3 Å². The normalized spacial score (nSPS) is 10.3. The third-order valence-electron chi connectivity index (χ3n) is 3.14. The number of hydrogen-bond donors (Lipinski definition) is 1. The average molecular weight is 320 g/mol. The van der Waals surface area contributed by atoms with Crippen LogP contribution in [0.1, 0.15) is 21.6 Å². The Balaban J connectivity index is 1.91. The molecule has 0 unspecified atom stereocenters. The van der Waals surface area contributed by atoms with Gasteiger partial charge in [0.1, 0.15) is 6.54 Å². The van der Waals surface area contributed by atoms with Crippen LogP contribution in [0.3, 0.4) is 0 Å². The van der Waals surface area contributed by atoms with Crippen molar-refractivity contribution in [1.29, 1.82) is 0 Å². The lowest BCUT2D eigenvalue weighted by molar-refractivity contribution is -0.121. The summed E-state index contributed by atoms with van der Waals surface area (Å²) in [7, 11) is 1.32. The van der Waals surface area contributed by atoms with Gasteiger partial charge in [0.05, 0.1) is 12.7 Å². The van der Waals surface area contributed by atoms with Gasteiger partial charge < -0.3 is 10.1 Å². The van der Waals surface area contributed by atoms with Gasteiger partial charge in [-0.1, -0.05) is 23.5 Å². The third-order valence-corrected chi connectivity index (χ3v) is 4.02. The van der Waals surface area contributed by atoms with E-state index < -0.39 is 5.97 Å². The van der Waals surface area contributed by atoms with E-state index in [9.17, 15) is 14.4 Å². The van der Waals surface area contributed by atoms with Gasteiger partial charge in [-0.15, -0.1) is 0 Å². The van der Waals surface area contributed by atoms with E-state index in [1.807, 2.05) is 0 Å². The zero-order valence-electron chi connectivity index (χ0n) is 12.3. The van der Waals surface area contributed by atoms with Crippen LogP contribution in [-0.4, -0.2) is 23.6 Å². The van der Waals surface area contributed by atoms with Crippen molar-refractivity contribution in [3.05, 3.63) is 56.1 Å². The predicted octanol–water partition coefficient (Wildman–Crippen LogP) is 1.32. The Kier molecular flexibility index (Phi) is 5.11. The van der Waals surface area contributed by atoms with Crippen molar-refractivity contribution in [2.45, 2.75) is 20.0 Å². The third kappa shape index (κ3) is 3.82. The predicted molar refractivity (Wildman–Crippen MR) is 82.9 cm³/mol. The van der Waals surface area contributed by atoms with Crippen molar-refractivity contribution in [2.75, 3.05) is 7.11 Å². The van der Waals surface area contributed by atoms with Gasteiger partial charge in [0.2, 0.25) is 5.91 Å². The first-order valence-corrected chi connectivity index (χ1v) is 7.48. The first kappa shape index (κ1) is 16.0. The molecule has 6 nitrogen and oxygen atoms in total. The standard InChI is InChI=1S/C15H16N2O4S/c1-10-9-22-15(20)17(10)8-13(18)16-7-11-3-5-12(6-4-11)14(19)21-2/h3-6,9H,7-8H2,1-2H3,(H,16,18). The second kappa shape index (κ2) is 7.04. The molecule has 1 aromatic heterocycles. The van der Waals surface area contributed by atoms with Crippen molar-refractivity contribution in [2.24, 2.45) is 0 Å². The average Bonchev–Trinajstić information content (AvgIpc) is 2.84. The number of hydrogen-bond acceptors (Lipinski definition) is 5. The van der Waals surface area contributed by atoms with Crippen molar-refractivity contribution in [3.8, 4) is 0 Å². The molecule has 1 aromatic carbocycles. The molecule has 2 aromatic rings. The van der Waals surface area contributed by atoms with Crippen LogP contribution in [0.2, 0.25) is 0 Å². The molecular formula is C15H16N2O4S. The largest absolute Gasteiger partial charge is 0.465 e. The van der Waals surface area contributed by atoms with Gasteiger partial charge >= 0.3 is 10.8 Å². The van der Waals surface area contributed by atoms with Crippen molar-refractivity contribution < 1.29 is 14.3 Å². The maximum atomic E-state index is 11.9. The zero-order valence-corrected chi connectivity index (χ0v) is 13.1. The maximum Gasteiger partial charge on any atom is 0.337 e. The fourth-order valence-electron chi connectivity index (χ4n) is 1.87. The molecule has 0 radical (unpaired) electrons. The van der Waals surface area contributed by atoms with E-state index in [0.29, 0.717) is 12.1 Å². The second-order valence-corrected chi connectivity index (χ2v) is 5.52. The SMILES string of the molecule is COC(=O)c1ccc(CNC(=O)Cn2c(C)csc2=O)cc1. The number of benzene rings is 1. The molecule has 0 spiro atoms. The second-order valence-electron chi connectivity index (χ2n) is 4.69. The summed E-state index contributed by atoms with van der Waals surface area (Å²) in [6, 6.07) is 6.77. The van der Waals surface area contributed by atoms with E-state index in [1.165, 1.54) is 11.7 Å². The molecule has 2 rings (SSSR count). The van der Waals surface area contributed by atoms with Crippen LogP contribution in [0.15, 0.2) is 34.4 Å². The number of esters is 1. The Hall–Kier alpha value is -2.41. The number of aryl methyl sites for hydroxylation is 1. The van der Waals surface area contributed by atoms with Crippen LogP contribution in [0.4, 0.5) is 0 Å². The van der Waals surface area contributed by atoms with E-state index in [1.54, 1.807) is 36.6 Å². The number of nitrogens with zero attached hydrogens (tertiary/aromatic N) is 1. The van der Waals surface area contributed by atoms with Crippen molar-refractivity contribution in [1.82, 2.24) is 9.88 Å². The van der Waals surface area contributed by atoms with Gasteiger partial charge in [0.25, 0.3) is 0 Å². The highest BCUT2D eigenvalue weighted by Crippen LogP contribution is 2.06. The molecule has 1 heterocycles. The van der Waals surface area contributed by atoms with Crippen LogP contribution in [0, 0.1) is 6.92 Å². The Bertz CT molecular complexity index is 731. The fraction of sp³-hybridized carbons (Fsp3) is 0.267. The highest BCUT2D eigenvalue weighted by molar-refractivity contribution is 7.07. The Morgan fingerprint density at radius 3 is 2.50 bits per heavy atom. The quantitative estimate of drug-likeness (QED) is 0.843. The number of carbonyl (C=O) groups is 2. The minimum atomic E-state index is -0.400. The molecule has 0 saturated carbocycles. The molecule has 0 aliphatic rings. The molecule has 0 atom stereocenters. The summed E-state index contributed by atoms with van der Waals surface area (Å²) < 4.78 is 6.05. The fourth-order valence-corrected chi connectivity index (χ4v) is 2.61.